The molecule has 1 atom stereocenters. The van der Waals surface area contributed by atoms with Gasteiger partial charge < -0.3 is 15.2 Å². The number of anilines is 1. The normalized spacial score (nSPS) is 16.4. The van der Waals surface area contributed by atoms with Gasteiger partial charge in [-0.25, -0.2) is 0 Å². The minimum atomic E-state index is -0.547. The maximum atomic E-state index is 10.3. The zero-order valence-electron chi connectivity index (χ0n) is 16.1. The van der Waals surface area contributed by atoms with Crippen molar-refractivity contribution in [3.8, 4) is 5.75 Å². The van der Waals surface area contributed by atoms with E-state index in [-0.39, 0.29) is 6.61 Å². The topological polar surface area (TPSA) is 67.3 Å². The predicted octanol–water partition coefficient (Wildman–Crippen LogP) is 4.94. The fourth-order valence-electron chi connectivity index (χ4n) is 3.24. The third kappa shape index (κ3) is 6.36. The maximum Gasteiger partial charge on any atom is 0.206 e. The molecule has 0 radical (unpaired) electrons. The molecule has 0 bridgehead atoms. The molecule has 3 rings (SSSR count). The molecule has 148 valence electrons. The lowest BCUT2D eigenvalue weighted by molar-refractivity contribution is 0.125. The first-order valence-electron chi connectivity index (χ1n) is 9.74. The molecule has 7 heteroatoms. The molecule has 1 unspecified atom stereocenters. The van der Waals surface area contributed by atoms with Crippen LogP contribution in [-0.4, -0.2) is 39.8 Å². The Hall–Kier alpha value is -1.31. The molecule has 2 N–H and O–H groups in total. The Bertz CT molecular complexity index is 702. The second-order valence-corrected chi connectivity index (χ2v) is 9.57. The Morgan fingerprint density at radius 2 is 2.00 bits per heavy atom. The Balaban J connectivity index is 1.42. The number of nitrogens with zero attached hydrogens (tertiary/aromatic N) is 2. The van der Waals surface area contributed by atoms with Crippen LogP contribution in [0.1, 0.15) is 57.4 Å². The van der Waals surface area contributed by atoms with Crippen molar-refractivity contribution in [2.75, 3.05) is 17.7 Å². The van der Waals surface area contributed by atoms with Gasteiger partial charge in [0.05, 0.1) is 6.10 Å². The molecule has 1 heterocycles. The lowest BCUT2D eigenvalue weighted by Gasteiger charge is -2.21. The van der Waals surface area contributed by atoms with E-state index in [9.17, 15) is 5.11 Å². The van der Waals surface area contributed by atoms with Crippen molar-refractivity contribution < 1.29 is 9.84 Å². The van der Waals surface area contributed by atoms with Gasteiger partial charge in [0.15, 0.2) is 4.34 Å². The monoisotopic (exact) mass is 407 g/mol. The standard InChI is InChI=1S/C20H29N3O2S2/c1-14(2)17-10-6-7-11-18(17)25-12-16(24)13-26-20-23-22-19(27-20)21-15-8-4-3-5-9-15/h6-7,10-11,14-16,24H,3-5,8-9,12-13H2,1-2H3,(H,21,22). The van der Waals surface area contributed by atoms with Crippen LogP contribution in [0.5, 0.6) is 5.75 Å². The van der Waals surface area contributed by atoms with Crippen molar-refractivity contribution in [1.82, 2.24) is 10.2 Å². The summed E-state index contributed by atoms with van der Waals surface area (Å²) in [6.45, 7) is 4.56. The zero-order chi connectivity index (χ0) is 19.1. The van der Waals surface area contributed by atoms with Gasteiger partial charge in [0.1, 0.15) is 12.4 Å². The van der Waals surface area contributed by atoms with Gasteiger partial charge in [-0.1, -0.05) is 74.4 Å². The summed E-state index contributed by atoms with van der Waals surface area (Å²) >= 11 is 3.10. The molecule has 5 nitrogen and oxygen atoms in total. The molecule has 0 aliphatic heterocycles. The summed E-state index contributed by atoms with van der Waals surface area (Å²) in [4.78, 5) is 0. The highest BCUT2D eigenvalue weighted by Crippen LogP contribution is 2.29. The molecule has 1 aliphatic carbocycles. The number of aromatic nitrogens is 2. The Labute approximate surface area is 169 Å². The first-order chi connectivity index (χ1) is 13.1. The van der Waals surface area contributed by atoms with Crippen LogP contribution in [0.2, 0.25) is 0 Å². The summed E-state index contributed by atoms with van der Waals surface area (Å²) in [5.74, 6) is 1.79. The van der Waals surface area contributed by atoms with Crippen molar-refractivity contribution in [2.45, 2.75) is 68.4 Å². The van der Waals surface area contributed by atoms with Crippen LogP contribution < -0.4 is 10.1 Å². The van der Waals surface area contributed by atoms with Crippen molar-refractivity contribution in [3.05, 3.63) is 29.8 Å². The van der Waals surface area contributed by atoms with E-state index < -0.39 is 6.10 Å². The van der Waals surface area contributed by atoms with Gasteiger partial charge >= 0.3 is 0 Å². The van der Waals surface area contributed by atoms with E-state index in [0.717, 1.165) is 15.2 Å². The van der Waals surface area contributed by atoms with E-state index in [1.807, 2.05) is 18.2 Å². The van der Waals surface area contributed by atoms with Crippen LogP contribution in [0.4, 0.5) is 5.13 Å². The number of hydrogen-bond acceptors (Lipinski definition) is 7. The van der Waals surface area contributed by atoms with Crippen molar-refractivity contribution >= 4 is 28.2 Å². The van der Waals surface area contributed by atoms with Crippen LogP contribution in [0.15, 0.2) is 28.6 Å². The maximum absolute atomic E-state index is 10.3. The Morgan fingerprint density at radius 1 is 1.22 bits per heavy atom. The lowest BCUT2D eigenvalue weighted by atomic mass is 9.96. The van der Waals surface area contributed by atoms with Gasteiger partial charge in [0.25, 0.3) is 0 Å². The number of nitrogens with one attached hydrogen (secondary N) is 1. The van der Waals surface area contributed by atoms with E-state index in [1.165, 1.54) is 49.4 Å². The van der Waals surface area contributed by atoms with Gasteiger partial charge in [-0.2, -0.15) is 0 Å². The number of aliphatic hydroxyl groups excluding tert-OH is 1. The van der Waals surface area contributed by atoms with Crippen molar-refractivity contribution in [1.29, 1.82) is 0 Å². The fraction of sp³-hybridized carbons (Fsp3) is 0.600. The third-order valence-electron chi connectivity index (χ3n) is 4.71. The van der Waals surface area contributed by atoms with Crippen LogP contribution in [0.25, 0.3) is 0 Å². The second-order valence-electron chi connectivity index (χ2n) is 7.32. The molecule has 1 saturated carbocycles. The highest BCUT2D eigenvalue weighted by molar-refractivity contribution is 8.01. The molecule has 2 aromatic rings. The van der Waals surface area contributed by atoms with Gasteiger partial charge in [0, 0.05) is 11.8 Å². The molecule has 1 fully saturated rings. The number of benzene rings is 1. The summed E-state index contributed by atoms with van der Waals surface area (Å²) in [5, 5.41) is 23.1. The predicted molar refractivity (Wildman–Crippen MR) is 113 cm³/mol. The summed E-state index contributed by atoms with van der Waals surface area (Å²) < 4.78 is 6.73. The van der Waals surface area contributed by atoms with E-state index in [4.69, 9.17) is 4.74 Å². The highest BCUT2D eigenvalue weighted by atomic mass is 32.2. The van der Waals surface area contributed by atoms with E-state index in [2.05, 4.69) is 35.4 Å². The lowest BCUT2D eigenvalue weighted by Crippen LogP contribution is -2.21. The number of para-hydroxylation sites is 1. The van der Waals surface area contributed by atoms with E-state index in [0.29, 0.717) is 17.7 Å². The zero-order valence-corrected chi connectivity index (χ0v) is 17.7. The third-order valence-corrected chi connectivity index (χ3v) is 6.84. The second kappa shape index (κ2) is 10.3. The summed E-state index contributed by atoms with van der Waals surface area (Å²) in [6, 6.07) is 8.55. The molecule has 0 saturated heterocycles. The Kier molecular flexibility index (Phi) is 7.79. The molecular formula is C20H29N3O2S2. The number of thioether (sulfide) groups is 1. The number of aliphatic hydroxyl groups is 1. The average molecular weight is 408 g/mol. The van der Waals surface area contributed by atoms with Crippen LogP contribution >= 0.6 is 23.1 Å². The highest BCUT2D eigenvalue weighted by Gasteiger charge is 2.16. The van der Waals surface area contributed by atoms with Crippen LogP contribution in [0, 0.1) is 0 Å². The molecule has 0 spiro atoms. The van der Waals surface area contributed by atoms with Crippen LogP contribution in [-0.2, 0) is 0 Å². The van der Waals surface area contributed by atoms with Crippen molar-refractivity contribution in [3.63, 3.8) is 0 Å². The molecule has 1 aromatic heterocycles. The van der Waals surface area contributed by atoms with Gasteiger partial charge in [-0.05, 0) is 30.4 Å². The largest absolute Gasteiger partial charge is 0.491 e. The van der Waals surface area contributed by atoms with Gasteiger partial charge in [-0.3, -0.25) is 0 Å². The molecule has 1 aromatic carbocycles. The van der Waals surface area contributed by atoms with E-state index in [1.54, 1.807) is 11.3 Å². The SMILES string of the molecule is CC(C)c1ccccc1OCC(O)CSc1nnc(NC2CCCCC2)s1. The molecular weight excluding hydrogens is 378 g/mol. The minimum Gasteiger partial charge on any atom is -0.491 e. The number of ether oxygens (including phenoxy) is 1. The fourth-order valence-corrected chi connectivity index (χ4v) is 5.00. The smallest absolute Gasteiger partial charge is 0.206 e. The van der Waals surface area contributed by atoms with Gasteiger partial charge in [-0.15, -0.1) is 10.2 Å². The Morgan fingerprint density at radius 3 is 2.78 bits per heavy atom. The first kappa shape index (κ1) is 20.4. The number of hydrogen-bond donors (Lipinski definition) is 2. The first-order valence-corrected chi connectivity index (χ1v) is 11.5. The van der Waals surface area contributed by atoms with Gasteiger partial charge in [0.2, 0.25) is 5.13 Å². The molecule has 0 amide bonds. The minimum absolute atomic E-state index is 0.280. The molecule has 1 aliphatic rings. The summed E-state index contributed by atoms with van der Waals surface area (Å²) in [6.07, 6.45) is 5.83. The molecule has 27 heavy (non-hydrogen) atoms. The van der Waals surface area contributed by atoms with E-state index >= 15 is 0 Å². The van der Waals surface area contributed by atoms with Crippen molar-refractivity contribution in [2.24, 2.45) is 0 Å². The number of rotatable bonds is 9. The quantitative estimate of drug-likeness (QED) is 0.574. The average Bonchev–Trinajstić information content (AvgIpc) is 3.13. The summed E-state index contributed by atoms with van der Waals surface area (Å²) in [7, 11) is 0. The van der Waals surface area contributed by atoms with Crippen LogP contribution in [0.3, 0.4) is 0 Å². The summed E-state index contributed by atoms with van der Waals surface area (Å²) in [5.41, 5.74) is 1.17.